The zero-order valence-electron chi connectivity index (χ0n) is 13.5. The van der Waals surface area contributed by atoms with Crippen LogP contribution in [0.5, 0.6) is 5.75 Å². The van der Waals surface area contributed by atoms with Gasteiger partial charge in [-0.15, -0.1) is 0 Å². The maximum Gasteiger partial charge on any atom is 0.462 e. The summed E-state index contributed by atoms with van der Waals surface area (Å²) in [5.41, 5.74) is 1.65. The van der Waals surface area contributed by atoms with Crippen LogP contribution in [-0.2, 0) is 6.61 Å². The molecule has 10 heteroatoms. The number of halogens is 7. The summed E-state index contributed by atoms with van der Waals surface area (Å²) < 4.78 is 92.8. The molecule has 0 bridgehead atoms. The van der Waals surface area contributed by atoms with Gasteiger partial charge in [0.1, 0.15) is 12.4 Å². The number of benzene rings is 2. The molecule has 2 aromatic rings. The highest BCUT2D eigenvalue weighted by molar-refractivity contribution is 5.79. The molecule has 0 saturated carbocycles. The highest BCUT2D eigenvalue weighted by Crippen LogP contribution is 2.44. The van der Waals surface area contributed by atoms with Crippen molar-refractivity contribution in [3.63, 3.8) is 0 Å². The van der Waals surface area contributed by atoms with Crippen LogP contribution in [0, 0.1) is 0 Å². The third-order valence-corrected chi connectivity index (χ3v) is 3.30. The van der Waals surface area contributed by atoms with E-state index in [9.17, 15) is 30.7 Å². The Morgan fingerprint density at radius 3 is 2.00 bits per heavy atom. The first-order valence-corrected chi connectivity index (χ1v) is 7.42. The molecule has 2 rings (SSSR count). The smallest absolute Gasteiger partial charge is 0.462 e. The van der Waals surface area contributed by atoms with Crippen molar-refractivity contribution in [2.45, 2.75) is 24.8 Å². The Hall–Kier alpha value is -2.78. The van der Waals surface area contributed by atoms with Gasteiger partial charge in [-0.3, -0.25) is 0 Å². The number of ether oxygens (including phenoxy) is 1. The van der Waals surface area contributed by atoms with Gasteiger partial charge in [-0.25, -0.2) is 5.43 Å². The van der Waals surface area contributed by atoms with Gasteiger partial charge in [-0.05, 0) is 35.4 Å². The van der Waals surface area contributed by atoms with Crippen LogP contribution in [0.15, 0.2) is 59.7 Å². The van der Waals surface area contributed by atoms with Crippen molar-refractivity contribution < 1.29 is 35.5 Å². The molecule has 146 valence electrons. The molecular formula is C17H13F7N2O. The normalized spacial score (nSPS) is 13.0. The summed E-state index contributed by atoms with van der Waals surface area (Å²) in [6.07, 6.45) is -5.74. The van der Waals surface area contributed by atoms with Crippen molar-refractivity contribution in [3.05, 3.63) is 65.7 Å². The molecule has 0 aliphatic carbocycles. The zero-order chi connectivity index (χ0) is 20.1. The van der Waals surface area contributed by atoms with Crippen LogP contribution in [-0.4, -0.2) is 24.4 Å². The molecule has 1 N–H and O–H groups in total. The van der Waals surface area contributed by atoms with E-state index in [0.717, 1.165) is 5.56 Å². The molecule has 0 saturated heterocycles. The first kappa shape index (κ1) is 20.5. The topological polar surface area (TPSA) is 33.6 Å². The van der Waals surface area contributed by atoms with Gasteiger partial charge >= 0.3 is 18.1 Å². The molecule has 0 aromatic heterocycles. The van der Waals surface area contributed by atoms with E-state index in [2.05, 4.69) is 5.10 Å². The number of alkyl halides is 7. The Kier molecular flexibility index (Phi) is 5.97. The molecule has 0 radical (unpaired) electrons. The molecule has 0 atom stereocenters. The summed E-state index contributed by atoms with van der Waals surface area (Å²) in [5.74, 6) is -5.83. The minimum Gasteiger partial charge on any atom is -0.489 e. The van der Waals surface area contributed by atoms with Gasteiger partial charge in [0.2, 0.25) is 0 Å². The number of nitrogens with one attached hydrogen (secondary N) is 1. The lowest BCUT2D eigenvalue weighted by molar-refractivity contribution is -0.361. The Bertz CT molecular complexity index is 759. The first-order chi connectivity index (χ1) is 12.5. The molecule has 0 heterocycles. The summed E-state index contributed by atoms with van der Waals surface area (Å²) >= 11 is 0. The van der Waals surface area contributed by atoms with E-state index in [1.165, 1.54) is 24.3 Å². The van der Waals surface area contributed by atoms with Gasteiger partial charge in [-0.2, -0.15) is 35.8 Å². The van der Waals surface area contributed by atoms with E-state index in [0.29, 0.717) is 17.4 Å². The average Bonchev–Trinajstić information content (AvgIpc) is 2.61. The maximum atomic E-state index is 13.0. The summed E-state index contributed by atoms with van der Waals surface area (Å²) in [6, 6.07) is 9.29. The molecule has 0 aliphatic heterocycles. The number of hydrazone groups is 1. The van der Waals surface area contributed by atoms with Crippen molar-refractivity contribution in [2.24, 2.45) is 5.10 Å². The second-order valence-electron chi connectivity index (χ2n) is 5.36. The number of hydrogen-bond donors (Lipinski definition) is 1. The largest absolute Gasteiger partial charge is 0.489 e. The zero-order valence-corrected chi connectivity index (χ0v) is 13.5. The Labute approximate surface area is 149 Å². The van der Waals surface area contributed by atoms with Gasteiger partial charge in [-0.1, -0.05) is 30.3 Å². The number of nitrogens with zero attached hydrogens (tertiary/aromatic N) is 1. The van der Waals surface area contributed by atoms with E-state index >= 15 is 0 Å². The molecule has 0 fully saturated rings. The van der Waals surface area contributed by atoms with E-state index in [1.54, 1.807) is 0 Å². The van der Waals surface area contributed by atoms with Crippen LogP contribution in [0.3, 0.4) is 0 Å². The average molecular weight is 394 g/mol. The predicted molar refractivity (Wildman–Crippen MR) is 83.9 cm³/mol. The second-order valence-corrected chi connectivity index (χ2v) is 5.36. The summed E-state index contributed by atoms with van der Waals surface area (Å²) in [5, 5.41) is 2.77. The summed E-state index contributed by atoms with van der Waals surface area (Å²) in [6.45, 7) is 0.286. The first-order valence-electron chi connectivity index (χ1n) is 7.42. The van der Waals surface area contributed by atoms with Gasteiger partial charge < -0.3 is 4.74 Å². The predicted octanol–water partition coefficient (Wildman–Crippen LogP) is 4.98. The lowest BCUT2D eigenvalue weighted by Gasteiger charge is -2.27. The van der Waals surface area contributed by atoms with Crippen LogP contribution in [0.2, 0.25) is 0 Å². The Morgan fingerprint density at radius 2 is 1.44 bits per heavy atom. The lowest BCUT2D eigenvalue weighted by atomic mass is 10.2. The highest BCUT2D eigenvalue weighted by atomic mass is 19.4. The molecular weight excluding hydrogens is 381 g/mol. The minimum atomic E-state index is -6.42. The SMILES string of the molecule is FC(F)(F)C(F)(F)C(F)(F)N/N=C/c1ccc(OCc2ccccc2)cc1. The van der Waals surface area contributed by atoms with E-state index in [-0.39, 0.29) is 12.2 Å². The Morgan fingerprint density at radius 1 is 0.852 bits per heavy atom. The molecule has 0 unspecified atom stereocenters. The molecule has 2 aromatic carbocycles. The van der Waals surface area contributed by atoms with Crippen molar-refractivity contribution in [2.75, 3.05) is 0 Å². The monoisotopic (exact) mass is 394 g/mol. The van der Waals surface area contributed by atoms with E-state index in [1.807, 2.05) is 30.3 Å². The third-order valence-electron chi connectivity index (χ3n) is 3.30. The van der Waals surface area contributed by atoms with Crippen molar-refractivity contribution >= 4 is 6.21 Å². The fourth-order valence-corrected chi connectivity index (χ4v) is 1.83. The van der Waals surface area contributed by atoms with Crippen molar-refractivity contribution in [1.29, 1.82) is 0 Å². The Balaban J connectivity index is 1.94. The van der Waals surface area contributed by atoms with Crippen molar-refractivity contribution in [3.8, 4) is 5.75 Å². The quantitative estimate of drug-likeness (QED) is 0.311. The molecule has 0 amide bonds. The lowest BCUT2D eigenvalue weighted by Crippen LogP contribution is -2.58. The van der Waals surface area contributed by atoms with Crippen LogP contribution >= 0.6 is 0 Å². The molecule has 0 spiro atoms. The minimum absolute atomic E-state index is 0.181. The standard InChI is InChI=1S/C17H13F7N2O/c18-15(19,16(20,21)22)17(23,24)26-25-10-12-6-8-14(9-7-12)27-11-13-4-2-1-3-5-13/h1-10,26H,11H2/b25-10+. The fourth-order valence-electron chi connectivity index (χ4n) is 1.83. The van der Waals surface area contributed by atoms with Gasteiger partial charge in [0.25, 0.3) is 0 Å². The van der Waals surface area contributed by atoms with Gasteiger partial charge in [0, 0.05) is 0 Å². The van der Waals surface area contributed by atoms with Crippen LogP contribution in [0.4, 0.5) is 30.7 Å². The number of hydrogen-bond acceptors (Lipinski definition) is 3. The van der Waals surface area contributed by atoms with Crippen molar-refractivity contribution in [1.82, 2.24) is 5.43 Å². The van der Waals surface area contributed by atoms with Crippen LogP contribution in [0.1, 0.15) is 11.1 Å². The van der Waals surface area contributed by atoms with E-state index in [4.69, 9.17) is 4.74 Å². The third kappa shape index (κ3) is 5.11. The van der Waals surface area contributed by atoms with Gasteiger partial charge in [0.05, 0.1) is 6.21 Å². The van der Waals surface area contributed by atoms with Crippen LogP contribution in [0.25, 0.3) is 0 Å². The van der Waals surface area contributed by atoms with Crippen LogP contribution < -0.4 is 10.2 Å². The van der Waals surface area contributed by atoms with Gasteiger partial charge in [0.15, 0.2) is 0 Å². The molecule has 0 aliphatic rings. The summed E-state index contributed by atoms with van der Waals surface area (Å²) in [7, 11) is 0. The molecule has 27 heavy (non-hydrogen) atoms. The summed E-state index contributed by atoms with van der Waals surface area (Å²) in [4.78, 5) is 0. The maximum absolute atomic E-state index is 13.0. The highest BCUT2D eigenvalue weighted by Gasteiger charge is 2.73. The molecule has 3 nitrogen and oxygen atoms in total. The second kappa shape index (κ2) is 7.85. The number of rotatable bonds is 7. The fraction of sp³-hybridized carbons (Fsp3) is 0.235. The van der Waals surface area contributed by atoms with E-state index < -0.39 is 18.1 Å².